The van der Waals surface area contributed by atoms with Crippen LogP contribution in [0.3, 0.4) is 0 Å². The zero-order valence-electron chi connectivity index (χ0n) is 11.0. The van der Waals surface area contributed by atoms with Gasteiger partial charge in [0.05, 0.1) is 11.3 Å². The van der Waals surface area contributed by atoms with Gasteiger partial charge in [0, 0.05) is 29.7 Å². The van der Waals surface area contributed by atoms with E-state index in [1.807, 2.05) is 6.92 Å². The maximum absolute atomic E-state index is 12.9. The van der Waals surface area contributed by atoms with Crippen molar-refractivity contribution >= 4 is 11.5 Å². The Labute approximate surface area is 118 Å². The number of pyridine rings is 2. The summed E-state index contributed by atoms with van der Waals surface area (Å²) in [6.07, 6.45) is 0.315. The third kappa shape index (κ3) is 2.42. The van der Waals surface area contributed by atoms with Gasteiger partial charge in [-0.2, -0.15) is 13.2 Å². The lowest BCUT2D eigenvalue weighted by Gasteiger charge is -2.11. The van der Waals surface area contributed by atoms with Crippen molar-refractivity contribution in [2.45, 2.75) is 13.1 Å². The van der Waals surface area contributed by atoms with Gasteiger partial charge in [-0.15, -0.1) is 0 Å². The van der Waals surface area contributed by atoms with Gasteiger partial charge in [0.2, 0.25) is 0 Å². The van der Waals surface area contributed by atoms with Crippen LogP contribution < -0.4 is 5.73 Å². The second-order valence-electron chi connectivity index (χ2n) is 4.72. The van der Waals surface area contributed by atoms with Crippen LogP contribution in [0.15, 0.2) is 36.8 Å². The highest BCUT2D eigenvalue weighted by molar-refractivity contribution is 5.66. The summed E-state index contributed by atoms with van der Waals surface area (Å²) in [5.74, 6) is -0.522. The third-order valence-corrected chi connectivity index (χ3v) is 3.13. The Morgan fingerprint density at radius 3 is 2.62 bits per heavy atom. The van der Waals surface area contributed by atoms with Gasteiger partial charge in [0.25, 0.3) is 0 Å². The van der Waals surface area contributed by atoms with Gasteiger partial charge in [-0.05, 0) is 25.1 Å². The molecule has 0 saturated carbocycles. The van der Waals surface area contributed by atoms with E-state index in [4.69, 9.17) is 5.73 Å². The number of imidazole rings is 1. The van der Waals surface area contributed by atoms with Crippen molar-refractivity contribution in [3.63, 3.8) is 0 Å². The molecule has 0 saturated heterocycles. The van der Waals surface area contributed by atoms with Crippen LogP contribution in [0.1, 0.15) is 11.3 Å². The van der Waals surface area contributed by atoms with E-state index >= 15 is 0 Å². The Hall–Kier alpha value is -2.57. The second-order valence-corrected chi connectivity index (χ2v) is 4.72. The quantitative estimate of drug-likeness (QED) is 0.748. The van der Waals surface area contributed by atoms with Gasteiger partial charge in [-0.25, -0.2) is 9.97 Å². The minimum absolute atomic E-state index is 0.352. The summed E-state index contributed by atoms with van der Waals surface area (Å²) in [4.78, 5) is 7.91. The highest BCUT2D eigenvalue weighted by Crippen LogP contribution is 2.35. The first-order valence-corrected chi connectivity index (χ1v) is 6.13. The van der Waals surface area contributed by atoms with E-state index in [9.17, 15) is 13.2 Å². The van der Waals surface area contributed by atoms with Gasteiger partial charge in [0.15, 0.2) is 0 Å². The van der Waals surface area contributed by atoms with Crippen molar-refractivity contribution in [1.82, 2.24) is 14.4 Å². The molecule has 7 heteroatoms. The SMILES string of the molecule is Cc1cn2cc(-c3cnc(N)c(C(F)(F)F)c3)ccc2n1. The molecule has 21 heavy (non-hydrogen) atoms. The van der Waals surface area contributed by atoms with Crippen LogP contribution in [0.5, 0.6) is 0 Å². The molecule has 0 aliphatic carbocycles. The van der Waals surface area contributed by atoms with Crippen molar-refractivity contribution < 1.29 is 13.2 Å². The first-order chi connectivity index (χ1) is 9.84. The monoisotopic (exact) mass is 292 g/mol. The number of halogens is 3. The van der Waals surface area contributed by atoms with Gasteiger partial charge < -0.3 is 10.1 Å². The van der Waals surface area contributed by atoms with Gasteiger partial charge in [-0.3, -0.25) is 0 Å². The van der Waals surface area contributed by atoms with Crippen molar-refractivity contribution in [2.24, 2.45) is 0 Å². The summed E-state index contributed by atoms with van der Waals surface area (Å²) in [6.45, 7) is 1.85. The lowest BCUT2D eigenvalue weighted by atomic mass is 10.1. The molecule has 0 radical (unpaired) electrons. The molecular formula is C14H11F3N4. The van der Waals surface area contributed by atoms with Crippen LogP contribution >= 0.6 is 0 Å². The molecule has 2 N–H and O–H groups in total. The van der Waals surface area contributed by atoms with Crippen LogP contribution in [0, 0.1) is 6.92 Å². The first-order valence-electron chi connectivity index (χ1n) is 6.13. The van der Waals surface area contributed by atoms with Crippen LogP contribution in [-0.2, 0) is 6.18 Å². The molecule has 0 atom stereocenters. The molecule has 108 valence electrons. The standard InChI is InChI=1S/C14H11F3N4/c1-8-6-21-7-9(2-3-12(21)20-8)10-4-11(14(15,16)17)13(18)19-5-10/h2-7H,1H3,(H2,18,19). The fourth-order valence-corrected chi connectivity index (χ4v) is 2.15. The third-order valence-electron chi connectivity index (χ3n) is 3.13. The largest absolute Gasteiger partial charge is 0.419 e. The fourth-order valence-electron chi connectivity index (χ4n) is 2.15. The summed E-state index contributed by atoms with van der Waals surface area (Å²) in [5.41, 5.74) is 6.90. The summed E-state index contributed by atoms with van der Waals surface area (Å²) < 4.78 is 40.4. The van der Waals surface area contributed by atoms with Crippen molar-refractivity contribution in [3.05, 3.63) is 48.0 Å². The minimum Gasteiger partial charge on any atom is -0.383 e. The average Bonchev–Trinajstić information content (AvgIpc) is 2.77. The average molecular weight is 292 g/mol. The molecule has 3 aromatic rings. The Balaban J connectivity index is 2.13. The fraction of sp³-hybridized carbons (Fsp3) is 0.143. The molecular weight excluding hydrogens is 281 g/mol. The number of hydrogen-bond donors (Lipinski definition) is 1. The summed E-state index contributed by atoms with van der Waals surface area (Å²) in [7, 11) is 0. The Bertz CT molecular complexity index is 821. The van der Waals surface area contributed by atoms with Crippen LogP contribution in [0.4, 0.5) is 19.0 Å². The number of alkyl halides is 3. The van der Waals surface area contributed by atoms with E-state index in [-0.39, 0.29) is 0 Å². The lowest BCUT2D eigenvalue weighted by Crippen LogP contribution is -2.10. The maximum atomic E-state index is 12.9. The number of rotatable bonds is 1. The maximum Gasteiger partial charge on any atom is 0.419 e. The first kappa shape index (κ1) is 13.4. The van der Waals surface area contributed by atoms with E-state index in [1.165, 1.54) is 6.20 Å². The molecule has 0 aliphatic rings. The number of aromatic nitrogens is 3. The van der Waals surface area contributed by atoms with Crippen LogP contribution in [0.25, 0.3) is 16.8 Å². The van der Waals surface area contributed by atoms with Crippen molar-refractivity contribution in [2.75, 3.05) is 5.73 Å². The molecule has 0 aliphatic heterocycles. The Morgan fingerprint density at radius 1 is 1.14 bits per heavy atom. The number of fused-ring (bicyclic) bond motifs is 1. The molecule has 0 bridgehead atoms. The molecule has 0 amide bonds. The predicted octanol–water partition coefficient (Wildman–Crippen LogP) is 3.31. The normalized spacial score (nSPS) is 12.0. The number of hydrogen-bond acceptors (Lipinski definition) is 3. The molecule has 3 aromatic heterocycles. The summed E-state index contributed by atoms with van der Waals surface area (Å²) in [6, 6.07) is 4.45. The van der Waals surface area contributed by atoms with Gasteiger partial charge in [-0.1, -0.05) is 0 Å². The highest BCUT2D eigenvalue weighted by atomic mass is 19.4. The summed E-state index contributed by atoms with van der Waals surface area (Å²) in [5, 5.41) is 0. The number of nitrogens with zero attached hydrogens (tertiary/aromatic N) is 3. The van der Waals surface area contributed by atoms with Crippen LogP contribution in [-0.4, -0.2) is 14.4 Å². The molecule has 3 heterocycles. The van der Waals surface area contributed by atoms with E-state index in [2.05, 4.69) is 9.97 Å². The Kier molecular flexibility index (Phi) is 2.86. The lowest BCUT2D eigenvalue weighted by molar-refractivity contribution is -0.137. The molecule has 4 nitrogen and oxygen atoms in total. The van der Waals surface area contributed by atoms with E-state index in [1.54, 1.807) is 28.9 Å². The number of anilines is 1. The van der Waals surface area contributed by atoms with Crippen LogP contribution in [0.2, 0.25) is 0 Å². The Morgan fingerprint density at radius 2 is 1.90 bits per heavy atom. The zero-order chi connectivity index (χ0) is 15.2. The number of nitrogen functional groups attached to an aromatic ring is 1. The molecule has 0 aromatic carbocycles. The molecule has 0 unspecified atom stereocenters. The number of aryl methyl sites for hydroxylation is 1. The summed E-state index contributed by atoms with van der Waals surface area (Å²) >= 11 is 0. The predicted molar refractivity (Wildman–Crippen MR) is 72.6 cm³/mol. The number of nitrogens with two attached hydrogens (primary N) is 1. The molecule has 0 spiro atoms. The minimum atomic E-state index is -4.53. The smallest absolute Gasteiger partial charge is 0.383 e. The van der Waals surface area contributed by atoms with E-state index < -0.39 is 17.6 Å². The van der Waals surface area contributed by atoms with Crippen molar-refractivity contribution in [3.8, 4) is 11.1 Å². The highest BCUT2D eigenvalue weighted by Gasteiger charge is 2.34. The van der Waals surface area contributed by atoms with Crippen molar-refractivity contribution in [1.29, 1.82) is 0 Å². The van der Waals surface area contributed by atoms with E-state index in [0.29, 0.717) is 11.1 Å². The van der Waals surface area contributed by atoms with Gasteiger partial charge in [0.1, 0.15) is 11.5 Å². The molecule has 0 fully saturated rings. The second kappa shape index (κ2) is 4.47. The topological polar surface area (TPSA) is 56.2 Å². The molecule has 3 rings (SSSR count). The zero-order valence-corrected chi connectivity index (χ0v) is 11.0. The van der Waals surface area contributed by atoms with Gasteiger partial charge >= 0.3 is 6.18 Å². The van der Waals surface area contributed by atoms with E-state index in [0.717, 1.165) is 17.4 Å².